The van der Waals surface area contributed by atoms with Crippen molar-refractivity contribution in [3.05, 3.63) is 47.6 Å². The second-order valence-corrected chi connectivity index (χ2v) is 4.09. The summed E-state index contributed by atoms with van der Waals surface area (Å²) in [5.74, 6) is 1.34. The molecule has 3 N–H and O–H groups in total. The molecule has 0 spiro atoms. The van der Waals surface area contributed by atoms with E-state index in [0.717, 1.165) is 18.8 Å². The maximum atomic E-state index is 5.41. The predicted octanol–water partition coefficient (Wildman–Crippen LogP) is 1.10. The molecule has 0 amide bonds. The van der Waals surface area contributed by atoms with Crippen molar-refractivity contribution in [1.82, 2.24) is 15.5 Å². The summed E-state index contributed by atoms with van der Waals surface area (Å²) in [4.78, 5) is 4.33. The van der Waals surface area contributed by atoms with E-state index in [0.29, 0.717) is 25.4 Å². The monoisotopic (exact) mass is 246 g/mol. The smallest absolute Gasteiger partial charge is 0.240 e. The molecule has 5 nitrogen and oxygen atoms in total. The number of nitrogens with zero attached hydrogens (tertiary/aromatic N) is 2. The van der Waals surface area contributed by atoms with Crippen molar-refractivity contribution < 1.29 is 4.52 Å². The molecule has 1 aromatic carbocycles. The molecule has 0 atom stereocenters. The average molecular weight is 246 g/mol. The number of nitrogens with one attached hydrogen (secondary N) is 1. The summed E-state index contributed by atoms with van der Waals surface area (Å²) >= 11 is 0. The molecule has 0 aliphatic carbocycles. The summed E-state index contributed by atoms with van der Waals surface area (Å²) in [7, 11) is 0. The Bertz CT molecular complexity index is 455. The summed E-state index contributed by atoms with van der Waals surface area (Å²) < 4.78 is 5.16. The van der Waals surface area contributed by atoms with E-state index >= 15 is 0 Å². The van der Waals surface area contributed by atoms with Crippen molar-refractivity contribution in [2.45, 2.75) is 19.4 Å². The first kappa shape index (κ1) is 12.7. The Morgan fingerprint density at radius 3 is 2.83 bits per heavy atom. The molecule has 1 aromatic heterocycles. The third kappa shape index (κ3) is 3.94. The third-order valence-electron chi connectivity index (χ3n) is 2.55. The number of hydrogen-bond donors (Lipinski definition) is 2. The van der Waals surface area contributed by atoms with Gasteiger partial charge >= 0.3 is 0 Å². The van der Waals surface area contributed by atoms with Crippen LogP contribution in [0.5, 0.6) is 0 Å². The number of nitrogens with two attached hydrogens (primary N) is 1. The van der Waals surface area contributed by atoms with Gasteiger partial charge in [0.15, 0.2) is 5.82 Å². The molecule has 0 radical (unpaired) electrons. The van der Waals surface area contributed by atoms with Crippen molar-refractivity contribution in [1.29, 1.82) is 0 Å². The lowest BCUT2D eigenvalue weighted by Gasteiger charge is -1.98. The van der Waals surface area contributed by atoms with Crippen LogP contribution in [-0.2, 0) is 13.0 Å². The molecule has 1 heterocycles. The van der Waals surface area contributed by atoms with Crippen LogP contribution in [0.3, 0.4) is 0 Å². The van der Waals surface area contributed by atoms with Gasteiger partial charge in [0.05, 0.1) is 6.54 Å². The second kappa shape index (κ2) is 6.88. The molecule has 0 aliphatic rings. The highest BCUT2D eigenvalue weighted by Gasteiger charge is 2.06. The van der Waals surface area contributed by atoms with E-state index in [2.05, 4.69) is 27.6 Å². The molecule has 0 aliphatic heterocycles. The summed E-state index contributed by atoms with van der Waals surface area (Å²) in [6, 6.07) is 10.1. The topological polar surface area (TPSA) is 77.0 Å². The van der Waals surface area contributed by atoms with E-state index in [9.17, 15) is 0 Å². The van der Waals surface area contributed by atoms with Crippen LogP contribution >= 0.6 is 0 Å². The maximum absolute atomic E-state index is 5.41. The zero-order valence-corrected chi connectivity index (χ0v) is 10.3. The quantitative estimate of drug-likeness (QED) is 0.715. The van der Waals surface area contributed by atoms with Crippen LogP contribution in [0.4, 0.5) is 0 Å². The molecule has 96 valence electrons. The zero-order valence-electron chi connectivity index (χ0n) is 10.3. The minimum absolute atomic E-state index is 0.599. The van der Waals surface area contributed by atoms with E-state index in [1.54, 1.807) is 0 Å². The molecule has 0 unspecified atom stereocenters. The normalized spacial score (nSPS) is 10.7. The van der Waals surface area contributed by atoms with Gasteiger partial charge in [-0.15, -0.1) is 0 Å². The second-order valence-electron chi connectivity index (χ2n) is 4.09. The standard InChI is InChI=1S/C13H18N4O/c14-7-4-8-15-10-13-16-12(17-18-13)9-11-5-2-1-3-6-11/h1-3,5-6,15H,4,7-10,14H2. The van der Waals surface area contributed by atoms with Gasteiger partial charge in [0.1, 0.15) is 0 Å². The first-order valence-electron chi connectivity index (χ1n) is 6.14. The van der Waals surface area contributed by atoms with Gasteiger partial charge in [-0.3, -0.25) is 0 Å². The Morgan fingerprint density at radius 1 is 1.22 bits per heavy atom. The highest BCUT2D eigenvalue weighted by atomic mass is 16.5. The molecule has 18 heavy (non-hydrogen) atoms. The van der Waals surface area contributed by atoms with Gasteiger partial charge in [0.25, 0.3) is 0 Å². The highest BCUT2D eigenvalue weighted by molar-refractivity contribution is 5.18. The largest absolute Gasteiger partial charge is 0.338 e. The van der Waals surface area contributed by atoms with Crippen molar-refractivity contribution in [2.75, 3.05) is 13.1 Å². The van der Waals surface area contributed by atoms with Gasteiger partial charge < -0.3 is 15.6 Å². The van der Waals surface area contributed by atoms with Crippen LogP contribution in [0.15, 0.2) is 34.9 Å². The lowest BCUT2D eigenvalue weighted by Crippen LogP contribution is -2.17. The summed E-state index contributed by atoms with van der Waals surface area (Å²) in [6.45, 7) is 2.16. The molecular weight excluding hydrogens is 228 g/mol. The maximum Gasteiger partial charge on any atom is 0.240 e. The fraction of sp³-hybridized carbons (Fsp3) is 0.385. The predicted molar refractivity (Wildman–Crippen MR) is 68.9 cm³/mol. The molecule has 2 rings (SSSR count). The molecule has 0 fully saturated rings. The van der Waals surface area contributed by atoms with Crippen LogP contribution in [0.1, 0.15) is 23.7 Å². The summed E-state index contributed by atoms with van der Waals surface area (Å²) in [5, 5.41) is 7.16. The Kier molecular flexibility index (Phi) is 4.87. The summed E-state index contributed by atoms with van der Waals surface area (Å²) in [5.41, 5.74) is 6.59. The Balaban J connectivity index is 1.83. The fourth-order valence-corrected chi connectivity index (χ4v) is 1.63. The molecule has 5 heteroatoms. The van der Waals surface area contributed by atoms with E-state index in [4.69, 9.17) is 10.3 Å². The van der Waals surface area contributed by atoms with Crippen LogP contribution in [-0.4, -0.2) is 23.2 Å². The SMILES string of the molecule is NCCCNCc1nc(Cc2ccccc2)no1. The van der Waals surface area contributed by atoms with E-state index in [-0.39, 0.29) is 0 Å². The average Bonchev–Trinajstić information content (AvgIpc) is 2.84. The number of benzene rings is 1. The Morgan fingerprint density at radius 2 is 2.06 bits per heavy atom. The third-order valence-corrected chi connectivity index (χ3v) is 2.55. The molecule has 0 saturated heterocycles. The lowest BCUT2D eigenvalue weighted by molar-refractivity contribution is 0.363. The minimum atomic E-state index is 0.599. The number of aromatic nitrogens is 2. The van der Waals surface area contributed by atoms with Crippen molar-refractivity contribution in [3.8, 4) is 0 Å². The van der Waals surface area contributed by atoms with Crippen molar-refractivity contribution >= 4 is 0 Å². The first-order chi connectivity index (χ1) is 8.88. The number of rotatable bonds is 7. The summed E-state index contributed by atoms with van der Waals surface area (Å²) in [6.07, 6.45) is 1.65. The van der Waals surface area contributed by atoms with Crippen LogP contribution < -0.4 is 11.1 Å². The van der Waals surface area contributed by atoms with Gasteiger partial charge in [-0.2, -0.15) is 4.98 Å². The van der Waals surface area contributed by atoms with E-state index in [1.165, 1.54) is 5.56 Å². The molecular formula is C13H18N4O. The van der Waals surface area contributed by atoms with Gasteiger partial charge in [-0.1, -0.05) is 35.5 Å². The molecule has 0 saturated carbocycles. The Hall–Kier alpha value is -1.72. The zero-order chi connectivity index (χ0) is 12.6. The minimum Gasteiger partial charge on any atom is -0.338 e. The van der Waals surface area contributed by atoms with Gasteiger partial charge in [0.2, 0.25) is 5.89 Å². The first-order valence-corrected chi connectivity index (χ1v) is 6.14. The van der Waals surface area contributed by atoms with E-state index < -0.39 is 0 Å². The van der Waals surface area contributed by atoms with Crippen LogP contribution in [0.2, 0.25) is 0 Å². The van der Waals surface area contributed by atoms with Crippen LogP contribution in [0, 0.1) is 0 Å². The molecule has 0 bridgehead atoms. The van der Waals surface area contributed by atoms with Gasteiger partial charge in [0, 0.05) is 6.42 Å². The number of hydrogen-bond acceptors (Lipinski definition) is 5. The van der Waals surface area contributed by atoms with E-state index in [1.807, 2.05) is 18.2 Å². The van der Waals surface area contributed by atoms with Gasteiger partial charge in [-0.05, 0) is 25.1 Å². The highest BCUT2D eigenvalue weighted by Crippen LogP contribution is 2.06. The Labute approximate surface area is 106 Å². The van der Waals surface area contributed by atoms with Crippen LogP contribution in [0.25, 0.3) is 0 Å². The fourth-order valence-electron chi connectivity index (χ4n) is 1.63. The molecule has 2 aromatic rings. The van der Waals surface area contributed by atoms with Crippen molar-refractivity contribution in [3.63, 3.8) is 0 Å². The van der Waals surface area contributed by atoms with Gasteiger partial charge in [-0.25, -0.2) is 0 Å². The van der Waals surface area contributed by atoms with Crippen molar-refractivity contribution in [2.24, 2.45) is 5.73 Å². The lowest BCUT2D eigenvalue weighted by atomic mass is 10.1.